The van der Waals surface area contributed by atoms with Gasteiger partial charge in [-0.05, 0) is 129 Å². The highest BCUT2D eigenvalue weighted by Gasteiger charge is 2.24. The smallest absolute Gasteiger partial charge is 0.0120 e. The molecular formula is C26H36. The summed E-state index contributed by atoms with van der Waals surface area (Å²) in [6, 6.07) is 4.93. The molecule has 0 aromatic heterocycles. The summed E-state index contributed by atoms with van der Waals surface area (Å²) in [4.78, 5) is 0. The Balaban J connectivity index is 2.13. The van der Waals surface area contributed by atoms with Crippen molar-refractivity contribution in [2.24, 2.45) is 5.92 Å². The van der Waals surface area contributed by atoms with Crippen molar-refractivity contribution < 1.29 is 0 Å². The molecule has 0 bridgehead atoms. The minimum atomic E-state index is 0.764. The normalized spacial score (nSPS) is 20.5. The first-order chi connectivity index (χ1) is 12.2. The Morgan fingerprint density at radius 1 is 0.615 bits per heavy atom. The van der Waals surface area contributed by atoms with Crippen molar-refractivity contribution >= 4 is 0 Å². The second-order valence-corrected chi connectivity index (χ2v) is 8.98. The Labute approximate surface area is 161 Å². The molecule has 3 rings (SSSR count). The van der Waals surface area contributed by atoms with Crippen molar-refractivity contribution in [2.75, 3.05) is 0 Å². The first kappa shape index (κ1) is 19.2. The Bertz CT molecular complexity index is 830. The third-order valence-corrected chi connectivity index (χ3v) is 7.34. The zero-order chi connectivity index (χ0) is 19.2. The molecule has 1 aliphatic rings. The lowest BCUT2D eigenvalue weighted by molar-refractivity contribution is 0.347. The quantitative estimate of drug-likeness (QED) is 0.519. The maximum atomic E-state index is 2.52. The van der Waals surface area contributed by atoms with Crippen LogP contribution in [-0.2, 0) is 0 Å². The van der Waals surface area contributed by atoms with Crippen molar-refractivity contribution in [3.63, 3.8) is 0 Å². The summed E-state index contributed by atoms with van der Waals surface area (Å²) < 4.78 is 0. The van der Waals surface area contributed by atoms with Gasteiger partial charge in [-0.25, -0.2) is 0 Å². The molecule has 140 valence electrons. The van der Waals surface area contributed by atoms with E-state index in [1.807, 2.05) is 0 Å². The summed E-state index contributed by atoms with van der Waals surface area (Å²) in [6.45, 7) is 18.5. The van der Waals surface area contributed by atoms with E-state index < -0.39 is 0 Å². The average molecular weight is 349 g/mol. The summed E-state index contributed by atoms with van der Waals surface area (Å²) >= 11 is 0. The summed E-state index contributed by atoms with van der Waals surface area (Å²) in [5, 5.41) is 0. The van der Waals surface area contributed by atoms with Crippen LogP contribution in [0.25, 0.3) is 11.1 Å². The molecule has 0 amide bonds. The average Bonchev–Trinajstić information content (AvgIpc) is 2.61. The molecule has 0 spiro atoms. The van der Waals surface area contributed by atoms with Crippen molar-refractivity contribution in [1.82, 2.24) is 0 Å². The van der Waals surface area contributed by atoms with E-state index in [1.165, 1.54) is 75.8 Å². The summed E-state index contributed by atoms with van der Waals surface area (Å²) in [6.07, 6.45) is 5.50. The van der Waals surface area contributed by atoms with Crippen LogP contribution in [-0.4, -0.2) is 0 Å². The second-order valence-electron chi connectivity index (χ2n) is 8.98. The maximum Gasteiger partial charge on any atom is -0.0120 e. The Kier molecular flexibility index (Phi) is 5.33. The maximum absolute atomic E-state index is 2.52. The molecule has 0 N–H and O–H groups in total. The summed E-state index contributed by atoms with van der Waals surface area (Å²) in [7, 11) is 0. The molecule has 0 radical (unpaired) electrons. The molecule has 0 aliphatic heterocycles. The van der Waals surface area contributed by atoms with E-state index in [0.29, 0.717) is 0 Å². The Hall–Kier alpha value is -1.56. The van der Waals surface area contributed by atoms with Gasteiger partial charge in [0.25, 0.3) is 0 Å². The van der Waals surface area contributed by atoms with Gasteiger partial charge < -0.3 is 0 Å². The summed E-state index contributed by atoms with van der Waals surface area (Å²) in [5.41, 5.74) is 14.7. The van der Waals surface area contributed by atoms with E-state index in [2.05, 4.69) is 67.5 Å². The van der Waals surface area contributed by atoms with Gasteiger partial charge in [0.2, 0.25) is 0 Å². The highest BCUT2D eigenvalue weighted by molar-refractivity contribution is 5.77. The van der Waals surface area contributed by atoms with E-state index in [-0.39, 0.29) is 0 Å². The second kappa shape index (κ2) is 7.22. The van der Waals surface area contributed by atoms with Gasteiger partial charge in [-0.2, -0.15) is 0 Å². The van der Waals surface area contributed by atoms with Crippen molar-refractivity contribution in [2.45, 2.75) is 87.0 Å². The van der Waals surface area contributed by atoms with E-state index in [9.17, 15) is 0 Å². The van der Waals surface area contributed by atoms with Crippen LogP contribution >= 0.6 is 0 Å². The summed E-state index contributed by atoms with van der Waals surface area (Å²) in [5.74, 6) is 1.68. The van der Waals surface area contributed by atoms with E-state index >= 15 is 0 Å². The molecular weight excluding hydrogens is 312 g/mol. The van der Waals surface area contributed by atoms with Gasteiger partial charge >= 0.3 is 0 Å². The zero-order valence-electron chi connectivity index (χ0n) is 18.1. The lowest BCUT2D eigenvalue weighted by Gasteiger charge is -2.29. The third kappa shape index (κ3) is 3.24. The number of hydrogen-bond donors (Lipinski definition) is 0. The van der Waals surface area contributed by atoms with Crippen LogP contribution < -0.4 is 0 Å². The monoisotopic (exact) mass is 348 g/mol. The number of benzene rings is 2. The van der Waals surface area contributed by atoms with Crippen LogP contribution in [0.5, 0.6) is 0 Å². The molecule has 0 heteroatoms. The topological polar surface area (TPSA) is 0 Å². The molecule has 1 aliphatic carbocycles. The van der Waals surface area contributed by atoms with E-state index in [1.54, 1.807) is 5.56 Å². The third-order valence-electron chi connectivity index (χ3n) is 7.34. The van der Waals surface area contributed by atoms with Crippen LogP contribution in [0.15, 0.2) is 12.1 Å². The van der Waals surface area contributed by atoms with Gasteiger partial charge in [0, 0.05) is 0 Å². The minimum absolute atomic E-state index is 0.764. The first-order valence-electron chi connectivity index (χ1n) is 10.4. The predicted octanol–water partition coefficient (Wildman–Crippen LogP) is 7.81. The van der Waals surface area contributed by atoms with Gasteiger partial charge in [-0.1, -0.05) is 31.9 Å². The molecule has 2 aromatic rings. The molecule has 1 saturated carbocycles. The first-order valence-corrected chi connectivity index (χ1v) is 10.4. The van der Waals surface area contributed by atoms with Crippen LogP contribution in [0, 0.1) is 54.4 Å². The van der Waals surface area contributed by atoms with Crippen LogP contribution in [0.2, 0.25) is 0 Å². The van der Waals surface area contributed by atoms with E-state index in [4.69, 9.17) is 0 Å². The van der Waals surface area contributed by atoms with Crippen molar-refractivity contribution in [3.05, 3.63) is 56.6 Å². The highest BCUT2D eigenvalue weighted by atomic mass is 14.3. The number of aryl methyl sites for hydroxylation is 2. The highest BCUT2D eigenvalue weighted by Crippen LogP contribution is 2.42. The zero-order valence-corrected chi connectivity index (χ0v) is 18.1. The van der Waals surface area contributed by atoms with Gasteiger partial charge in [-0.3, -0.25) is 0 Å². The van der Waals surface area contributed by atoms with Crippen LogP contribution in [0.1, 0.15) is 83.0 Å². The lowest BCUT2D eigenvalue weighted by atomic mass is 9.75. The van der Waals surface area contributed by atoms with Gasteiger partial charge in [-0.15, -0.1) is 0 Å². The standard InChI is InChI=1S/C26H36/c1-15-9-11-23(12-10-15)24-14-17(3)26(22(8)21(24)7)25-13-16(2)18(4)19(5)20(25)6/h13-15,23H,9-12H2,1-8H3. The molecule has 0 unspecified atom stereocenters. The van der Waals surface area contributed by atoms with Crippen LogP contribution in [0.3, 0.4) is 0 Å². The van der Waals surface area contributed by atoms with Gasteiger partial charge in [0.1, 0.15) is 0 Å². The molecule has 1 fully saturated rings. The molecule has 0 nitrogen and oxygen atoms in total. The Morgan fingerprint density at radius 2 is 1.23 bits per heavy atom. The fourth-order valence-corrected chi connectivity index (χ4v) is 4.99. The van der Waals surface area contributed by atoms with E-state index in [0.717, 1.165) is 11.8 Å². The molecule has 0 saturated heterocycles. The largest absolute Gasteiger partial charge is 0.0625 e. The molecule has 0 heterocycles. The van der Waals surface area contributed by atoms with Crippen LogP contribution in [0.4, 0.5) is 0 Å². The molecule has 0 atom stereocenters. The predicted molar refractivity (Wildman–Crippen MR) is 115 cm³/mol. The minimum Gasteiger partial charge on any atom is -0.0625 e. The van der Waals surface area contributed by atoms with Crippen molar-refractivity contribution in [3.8, 4) is 11.1 Å². The Morgan fingerprint density at radius 3 is 1.85 bits per heavy atom. The fraction of sp³-hybridized carbons (Fsp3) is 0.538. The van der Waals surface area contributed by atoms with Gasteiger partial charge in [0.15, 0.2) is 0 Å². The fourth-order valence-electron chi connectivity index (χ4n) is 4.99. The molecule has 2 aromatic carbocycles. The SMILES string of the molecule is Cc1cc(-c2c(C)cc(C3CCC(C)CC3)c(C)c2C)c(C)c(C)c1C. The van der Waals surface area contributed by atoms with Crippen molar-refractivity contribution in [1.29, 1.82) is 0 Å². The number of rotatable bonds is 2. The molecule has 26 heavy (non-hydrogen) atoms. The number of hydrogen-bond acceptors (Lipinski definition) is 0. The lowest BCUT2D eigenvalue weighted by Crippen LogP contribution is -2.13. The van der Waals surface area contributed by atoms with Gasteiger partial charge in [0.05, 0.1) is 0 Å².